The van der Waals surface area contributed by atoms with Crippen molar-refractivity contribution in [1.29, 1.82) is 0 Å². The number of hydrogen-bond acceptors (Lipinski definition) is 3. The molecule has 0 unspecified atom stereocenters. The summed E-state index contributed by atoms with van der Waals surface area (Å²) in [4.78, 5) is 0. The van der Waals surface area contributed by atoms with Gasteiger partial charge in [0.15, 0.2) is 0 Å². The molecule has 1 aliphatic rings. The van der Waals surface area contributed by atoms with Gasteiger partial charge in [-0.1, -0.05) is 91.0 Å². The van der Waals surface area contributed by atoms with Gasteiger partial charge in [0.1, 0.15) is 5.54 Å². The monoisotopic (exact) mass is 456 g/mol. The molecule has 0 amide bonds. The van der Waals surface area contributed by atoms with E-state index in [1.54, 1.807) is 0 Å². The van der Waals surface area contributed by atoms with E-state index in [1.807, 2.05) is 24.4 Å². The Bertz CT molecular complexity index is 1110. The van der Waals surface area contributed by atoms with Gasteiger partial charge in [-0.05, 0) is 44.4 Å². The standard InChI is InChI=1S/C28H29N2O2P/c1-26(2)27(3,4)32-33(31-26)25-20-29-30(21-25)28(22-14-8-5-9-15-22,23-16-10-6-11-17-23)24-18-12-7-13-19-24/h5-21H,1-4H3. The molecule has 0 aliphatic carbocycles. The van der Waals surface area contributed by atoms with Gasteiger partial charge in [-0.2, -0.15) is 5.10 Å². The maximum Gasteiger partial charge on any atom is 0.209 e. The van der Waals surface area contributed by atoms with E-state index >= 15 is 0 Å². The van der Waals surface area contributed by atoms with Gasteiger partial charge in [-0.3, -0.25) is 4.68 Å². The van der Waals surface area contributed by atoms with E-state index in [2.05, 4.69) is 111 Å². The zero-order valence-electron chi connectivity index (χ0n) is 19.5. The van der Waals surface area contributed by atoms with Crippen molar-refractivity contribution in [3.63, 3.8) is 0 Å². The average Bonchev–Trinajstić information content (AvgIpc) is 3.39. The molecule has 5 rings (SSSR count). The molecule has 0 spiro atoms. The van der Waals surface area contributed by atoms with Crippen LogP contribution in [-0.2, 0) is 14.6 Å². The largest absolute Gasteiger partial charge is 0.321 e. The molecule has 1 fully saturated rings. The summed E-state index contributed by atoms with van der Waals surface area (Å²) >= 11 is 0. The van der Waals surface area contributed by atoms with Crippen molar-refractivity contribution in [2.75, 3.05) is 0 Å². The van der Waals surface area contributed by atoms with E-state index in [4.69, 9.17) is 14.1 Å². The molecule has 168 valence electrons. The second-order valence-electron chi connectivity index (χ2n) is 9.41. The van der Waals surface area contributed by atoms with Crippen LogP contribution in [0.25, 0.3) is 0 Å². The molecule has 5 heteroatoms. The van der Waals surface area contributed by atoms with Crippen molar-refractivity contribution in [3.05, 3.63) is 120 Å². The number of nitrogens with zero attached hydrogens (tertiary/aromatic N) is 2. The summed E-state index contributed by atoms with van der Waals surface area (Å²) < 4.78 is 14.8. The average molecular weight is 457 g/mol. The minimum Gasteiger partial charge on any atom is -0.321 e. The molecule has 4 aromatic rings. The number of rotatable bonds is 5. The van der Waals surface area contributed by atoms with Gasteiger partial charge in [-0.15, -0.1) is 0 Å². The quantitative estimate of drug-likeness (QED) is 0.263. The highest BCUT2D eigenvalue weighted by Crippen LogP contribution is 2.57. The first-order valence-electron chi connectivity index (χ1n) is 11.2. The topological polar surface area (TPSA) is 36.3 Å². The first-order chi connectivity index (χ1) is 15.8. The summed E-state index contributed by atoms with van der Waals surface area (Å²) in [6, 6.07) is 31.6. The van der Waals surface area contributed by atoms with Crippen LogP contribution in [0.5, 0.6) is 0 Å². The van der Waals surface area contributed by atoms with Gasteiger partial charge >= 0.3 is 0 Å². The predicted molar refractivity (Wildman–Crippen MR) is 134 cm³/mol. The molecule has 0 bridgehead atoms. The number of aromatic nitrogens is 2. The van der Waals surface area contributed by atoms with Crippen LogP contribution >= 0.6 is 8.38 Å². The summed E-state index contributed by atoms with van der Waals surface area (Å²) in [6.45, 7) is 8.34. The highest BCUT2D eigenvalue weighted by molar-refractivity contribution is 7.56. The molecule has 4 nitrogen and oxygen atoms in total. The molecule has 0 N–H and O–H groups in total. The predicted octanol–water partition coefficient (Wildman–Crippen LogP) is 6.26. The first-order valence-corrected chi connectivity index (χ1v) is 12.4. The number of hydrogen-bond donors (Lipinski definition) is 0. The maximum atomic E-state index is 6.38. The fraction of sp³-hybridized carbons (Fsp3) is 0.250. The Labute approximate surface area is 197 Å². The molecule has 1 aliphatic heterocycles. The molecule has 0 radical (unpaired) electrons. The Morgan fingerprint density at radius 3 is 1.45 bits per heavy atom. The third kappa shape index (κ3) is 3.63. The lowest BCUT2D eigenvalue weighted by molar-refractivity contribution is 0.00578. The second-order valence-corrected chi connectivity index (χ2v) is 10.8. The highest BCUT2D eigenvalue weighted by Gasteiger charge is 2.51. The smallest absolute Gasteiger partial charge is 0.209 e. The minimum absolute atomic E-state index is 0.379. The fourth-order valence-electron chi connectivity index (χ4n) is 4.28. The third-order valence-corrected chi connectivity index (χ3v) is 8.67. The Morgan fingerprint density at radius 2 is 1.06 bits per heavy atom. The Kier molecular flexibility index (Phi) is 5.49. The van der Waals surface area contributed by atoms with E-state index in [0.29, 0.717) is 0 Å². The van der Waals surface area contributed by atoms with E-state index in [0.717, 1.165) is 22.0 Å². The van der Waals surface area contributed by atoms with Gasteiger partial charge in [0.2, 0.25) is 8.38 Å². The first kappa shape index (κ1) is 22.0. The Hall–Kier alpha value is -2.78. The van der Waals surface area contributed by atoms with Crippen molar-refractivity contribution in [3.8, 4) is 0 Å². The lowest BCUT2D eigenvalue weighted by atomic mass is 9.77. The summed E-state index contributed by atoms with van der Waals surface area (Å²) in [6.07, 6.45) is 3.99. The van der Waals surface area contributed by atoms with Crippen LogP contribution in [0.2, 0.25) is 0 Å². The SMILES string of the molecule is CC1(C)OP(c2cnn(C(c3ccccc3)(c3ccccc3)c3ccccc3)c2)OC1(C)C. The van der Waals surface area contributed by atoms with E-state index in [9.17, 15) is 0 Å². The van der Waals surface area contributed by atoms with Crippen LogP contribution in [0.15, 0.2) is 103 Å². The van der Waals surface area contributed by atoms with Crippen molar-refractivity contribution in [2.45, 2.75) is 44.4 Å². The van der Waals surface area contributed by atoms with E-state index in [1.165, 1.54) is 0 Å². The van der Waals surface area contributed by atoms with Gasteiger partial charge in [0, 0.05) is 6.20 Å². The van der Waals surface area contributed by atoms with Crippen molar-refractivity contribution in [2.24, 2.45) is 0 Å². The minimum atomic E-state index is -1.23. The van der Waals surface area contributed by atoms with Crippen LogP contribution in [0.4, 0.5) is 0 Å². The van der Waals surface area contributed by atoms with Crippen molar-refractivity contribution < 1.29 is 9.05 Å². The van der Waals surface area contributed by atoms with Crippen molar-refractivity contribution >= 4 is 13.7 Å². The molecule has 1 saturated heterocycles. The molecule has 1 aromatic heterocycles. The molecule has 0 saturated carbocycles. The van der Waals surface area contributed by atoms with Gasteiger partial charge in [0.25, 0.3) is 0 Å². The summed E-state index contributed by atoms with van der Waals surface area (Å²) in [5.41, 5.74) is 2.02. The zero-order valence-corrected chi connectivity index (χ0v) is 20.4. The second kappa shape index (κ2) is 8.22. The Morgan fingerprint density at radius 1 is 0.667 bits per heavy atom. The van der Waals surface area contributed by atoms with Gasteiger partial charge in [-0.25, -0.2) is 0 Å². The zero-order chi connectivity index (χ0) is 23.1. The maximum absolute atomic E-state index is 6.38. The van der Waals surface area contributed by atoms with E-state index < -0.39 is 13.9 Å². The van der Waals surface area contributed by atoms with Gasteiger partial charge < -0.3 is 9.05 Å². The molecular weight excluding hydrogens is 427 g/mol. The van der Waals surface area contributed by atoms with E-state index in [-0.39, 0.29) is 11.2 Å². The summed E-state index contributed by atoms with van der Waals surface area (Å²) in [5, 5.41) is 5.90. The Balaban J connectivity index is 1.72. The summed E-state index contributed by atoms with van der Waals surface area (Å²) in [7, 11) is -1.23. The lowest BCUT2D eigenvalue weighted by Gasteiger charge is -2.36. The molecular formula is C28H29N2O2P. The van der Waals surface area contributed by atoms with Crippen LogP contribution < -0.4 is 5.30 Å². The summed E-state index contributed by atoms with van der Waals surface area (Å²) in [5.74, 6) is 0. The lowest BCUT2D eigenvalue weighted by Crippen LogP contribution is -2.41. The van der Waals surface area contributed by atoms with Crippen molar-refractivity contribution in [1.82, 2.24) is 9.78 Å². The highest BCUT2D eigenvalue weighted by atomic mass is 31.2. The third-order valence-electron chi connectivity index (χ3n) is 6.77. The normalized spacial score (nSPS) is 17.8. The van der Waals surface area contributed by atoms with Gasteiger partial charge in [0.05, 0.1) is 22.7 Å². The van der Waals surface area contributed by atoms with Crippen LogP contribution in [0, 0.1) is 0 Å². The van der Waals surface area contributed by atoms with Crippen LogP contribution in [-0.4, -0.2) is 21.0 Å². The van der Waals surface area contributed by atoms with Crippen LogP contribution in [0.1, 0.15) is 44.4 Å². The van der Waals surface area contributed by atoms with Crippen LogP contribution in [0.3, 0.4) is 0 Å². The molecule has 2 heterocycles. The molecule has 3 aromatic carbocycles. The fourth-order valence-corrected chi connectivity index (χ4v) is 6.15. The number of benzene rings is 3. The molecule has 0 atom stereocenters. The molecule has 33 heavy (non-hydrogen) atoms.